The maximum absolute atomic E-state index is 6.23. The molecule has 7 heteroatoms. The highest BCUT2D eigenvalue weighted by Gasteiger charge is 2.56. The third-order valence-corrected chi connectivity index (χ3v) is 6.73. The zero-order valence-corrected chi connectivity index (χ0v) is 14.7. The van der Waals surface area contributed by atoms with Gasteiger partial charge in [-0.05, 0) is 60.2 Å². The van der Waals surface area contributed by atoms with Crippen molar-refractivity contribution in [3.63, 3.8) is 0 Å². The zero-order valence-electron chi connectivity index (χ0n) is 12.3. The number of thiophene rings is 1. The van der Waals surface area contributed by atoms with E-state index in [2.05, 4.69) is 36.6 Å². The van der Waals surface area contributed by atoms with Crippen molar-refractivity contribution in [2.24, 2.45) is 5.41 Å². The van der Waals surface area contributed by atoms with Gasteiger partial charge in [-0.3, -0.25) is 4.90 Å². The summed E-state index contributed by atoms with van der Waals surface area (Å²) in [6.45, 7) is 4.10. The van der Waals surface area contributed by atoms with E-state index >= 15 is 0 Å². The predicted octanol–water partition coefficient (Wildman–Crippen LogP) is 3.40. The van der Waals surface area contributed by atoms with E-state index < -0.39 is 0 Å². The number of hydrogen-bond donors (Lipinski definition) is 1. The van der Waals surface area contributed by atoms with E-state index in [4.69, 9.17) is 11.6 Å². The van der Waals surface area contributed by atoms with Gasteiger partial charge in [0.2, 0.25) is 0 Å². The second-order valence-corrected chi connectivity index (χ2v) is 8.50. The van der Waals surface area contributed by atoms with Crippen molar-refractivity contribution in [1.82, 2.24) is 19.8 Å². The summed E-state index contributed by atoms with van der Waals surface area (Å²) < 4.78 is 4.71. The van der Waals surface area contributed by atoms with E-state index in [0.29, 0.717) is 11.5 Å². The van der Waals surface area contributed by atoms with Crippen LogP contribution in [0.2, 0.25) is 4.34 Å². The number of halogens is 1. The fourth-order valence-corrected chi connectivity index (χ4v) is 4.95. The van der Waals surface area contributed by atoms with Crippen LogP contribution < -0.4 is 5.32 Å². The smallest absolute Gasteiger partial charge is 0.138 e. The Bertz CT molecular complexity index is 621. The summed E-state index contributed by atoms with van der Waals surface area (Å²) in [4.78, 5) is 2.57. The molecule has 1 N–H and O–H groups in total. The first-order valence-electron chi connectivity index (χ1n) is 7.69. The van der Waals surface area contributed by atoms with Crippen LogP contribution in [-0.4, -0.2) is 33.6 Å². The van der Waals surface area contributed by atoms with Gasteiger partial charge < -0.3 is 5.32 Å². The van der Waals surface area contributed by atoms with E-state index in [-0.39, 0.29) is 0 Å². The van der Waals surface area contributed by atoms with Crippen LogP contribution in [0.5, 0.6) is 0 Å². The highest BCUT2D eigenvalue weighted by Crippen LogP contribution is 2.56. The van der Waals surface area contributed by atoms with Crippen molar-refractivity contribution in [3.05, 3.63) is 32.4 Å². The topological polar surface area (TPSA) is 41.1 Å². The molecule has 2 aliphatic rings. The largest absolute Gasteiger partial charge is 0.317 e. The average Bonchev–Trinajstić information content (AvgIpc) is 2.90. The van der Waals surface area contributed by atoms with Gasteiger partial charge in [0, 0.05) is 30.7 Å². The molecule has 0 amide bonds. The van der Waals surface area contributed by atoms with E-state index in [1.807, 2.05) is 0 Å². The summed E-state index contributed by atoms with van der Waals surface area (Å²) >= 11 is 9.27. The molecule has 118 valence electrons. The maximum Gasteiger partial charge on any atom is 0.138 e. The SMILES string of the molecule is Clc1snnc1CN(Cc1ccsc1)[C@@H]1CC12CCNCC2. The fourth-order valence-electron chi connectivity index (χ4n) is 3.68. The first-order valence-corrected chi connectivity index (χ1v) is 9.79. The maximum atomic E-state index is 6.23. The van der Waals surface area contributed by atoms with Crippen molar-refractivity contribution in [1.29, 1.82) is 0 Å². The highest BCUT2D eigenvalue weighted by atomic mass is 35.5. The zero-order chi connectivity index (χ0) is 15.0. The summed E-state index contributed by atoms with van der Waals surface area (Å²) in [6, 6.07) is 2.88. The molecule has 1 spiro atoms. The Labute approximate surface area is 143 Å². The molecule has 2 fully saturated rings. The number of hydrogen-bond acceptors (Lipinski definition) is 6. The van der Waals surface area contributed by atoms with Crippen LogP contribution in [-0.2, 0) is 13.1 Å². The molecule has 0 unspecified atom stereocenters. The monoisotopic (exact) mass is 354 g/mol. The summed E-state index contributed by atoms with van der Waals surface area (Å²) in [6.07, 6.45) is 3.90. The summed E-state index contributed by atoms with van der Waals surface area (Å²) in [5.41, 5.74) is 2.84. The Kier molecular flexibility index (Phi) is 4.21. The van der Waals surface area contributed by atoms with Crippen LogP contribution in [0.1, 0.15) is 30.5 Å². The molecule has 0 radical (unpaired) electrons. The Hall–Kier alpha value is -0.530. The molecular formula is C15H19ClN4S2. The quantitative estimate of drug-likeness (QED) is 0.893. The van der Waals surface area contributed by atoms with E-state index in [9.17, 15) is 0 Å². The lowest BCUT2D eigenvalue weighted by molar-refractivity contribution is 0.186. The highest BCUT2D eigenvalue weighted by molar-refractivity contribution is 7.10. The van der Waals surface area contributed by atoms with E-state index in [0.717, 1.165) is 36.2 Å². The van der Waals surface area contributed by atoms with Gasteiger partial charge in [0.1, 0.15) is 10.0 Å². The molecule has 3 heterocycles. The first-order chi connectivity index (χ1) is 10.8. The molecule has 1 aliphatic heterocycles. The lowest BCUT2D eigenvalue weighted by Gasteiger charge is -2.29. The van der Waals surface area contributed by atoms with Gasteiger partial charge in [-0.1, -0.05) is 16.1 Å². The number of rotatable bonds is 5. The predicted molar refractivity (Wildman–Crippen MR) is 91.4 cm³/mol. The number of piperidine rings is 1. The third-order valence-electron chi connectivity index (χ3n) is 5.01. The van der Waals surface area contributed by atoms with Crippen molar-refractivity contribution >= 4 is 34.5 Å². The van der Waals surface area contributed by atoms with Crippen LogP contribution >= 0.6 is 34.5 Å². The van der Waals surface area contributed by atoms with Crippen LogP contribution in [0, 0.1) is 5.41 Å². The summed E-state index contributed by atoms with van der Waals surface area (Å²) in [5.74, 6) is 0. The van der Waals surface area contributed by atoms with Crippen molar-refractivity contribution in [3.8, 4) is 0 Å². The standard InChI is InChI=1S/C15H19ClN4S2/c16-14-12(18-19-22-14)9-20(8-11-1-6-21-10-11)13-7-15(13)2-4-17-5-3-15/h1,6,10,13,17H,2-5,7-9H2/t13-/m1/s1. The van der Waals surface area contributed by atoms with Gasteiger partial charge in [-0.25, -0.2) is 0 Å². The minimum absolute atomic E-state index is 0.525. The molecule has 2 aromatic rings. The molecule has 1 atom stereocenters. The van der Waals surface area contributed by atoms with Gasteiger partial charge in [-0.2, -0.15) is 11.3 Å². The first kappa shape index (κ1) is 15.0. The Morgan fingerprint density at radius 3 is 2.91 bits per heavy atom. The minimum atomic E-state index is 0.525. The van der Waals surface area contributed by atoms with Crippen LogP contribution in [0.25, 0.3) is 0 Å². The molecule has 2 aromatic heterocycles. The van der Waals surface area contributed by atoms with E-state index in [1.54, 1.807) is 11.3 Å². The molecular weight excluding hydrogens is 336 g/mol. The van der Waals surface area contributed by atoms with Crippen LogP contribution in [0.4, 0.5) is 0 Å². The Morgan fingerprint density at radius 2 is 2.23 bits per heavy atom. The minimum Gasteiger partial charge on any atom is -0.317 e. The van der Waals surface area contributed by atoms with Crippen molar-refractivity contribution in [2.75, 3.05) is 13.1 Å². The summed E-state index contributed by atoms with van der Waals surface area (Å²) in [7, 11) is 0. The van der Waals surface area contributed by atoms with Crippen LogP contribution in [0.15, 0.2) is 16.8 Å². The molecule has 1 aliphatic carbocycles. The molecule has 1 saturated heterocycles. The molecule has 0 bridgehead atoms. The Morgan fingerprint density at radius 1 is 1.36 bits per heavy atom. The average molecular weight is 355 g/mol. The van der Waals surface area contributed by atoms with Gasteiger partial charge in [0.25, 0.3) is 0 Å². The number of aromatic nitrogens is 2. The van der Waals surface area contributed by atoms with Gasteiger partial charge >= 0.3 is 0 Å². The molecule has 1 saturated carbocycles. The number of nitrogens with one attached hydrogen (secondary N) is 1. The van der Waals surface area contributed by atoms with E-state index in [1.165, 1.54) is 36.4 Å². The van der Waals surface area contributed by atoms with Gasteiger partial charge in [0.05, 0.1) is 0 Å². The third kappa shape index (κ3) is 2.95. The second kappa shape index (κ2) is 6.17. The summed E-state index contributed by atoms with van der Waals surface area (Å²) in [5, 5.41) is 12.1. The fraction of sp³-hybridized carbons (Fsp3) is 0.600. The van der Waals surface area contributed by atoms with Crippen molar-refractivity contribution in [2.45, 2.75) is 38.4 Å². The van der Waals surface area contributed by atoms with Crippen LogP contribution in [0.3, 0.4) is 0 Å². The molecule has 4 rings (SSSR count). The lowest BCUT2D eigenvalue weighted by atomic mass is 9.93. The van der Waals surface area contributed by atoms with Gasteiger partial charge in [-0.15, -0.1) is 5.10 Å². The molecule has 0 aromatic carbocycles. The van der Waals surface area contributed by atoms with Gasteiger partial charge in [0.15, 0.2) is 0 Å². The number of nitrogens with zero attached hydrogens (tertiary/aromatic N) is 3. The van der Waals surface area contributed by atoms with Crippen molar-refractivity contribution < 1.29 is 0 Å². The normalized spacial score (nSPS) is 23.3. The lowest BCUT2D eigenvalue weighted by Crippen LogP contribution is -2.35. The molecule has 4 nitrogen and oxygen atoms in total. The second-order valence-electron chi connectivity index (χ2n) is 6.36. The Balaban J connectivity index is 1.52. The molecule has 22 heavy (non-hydrogen) atoms.